The predicted molar refractivity (Wildman–Crippen MR) is 106 cm³/mol. The van der Waals surface area contributed by atoms with Gasteiger partial charge in [0, 0.05) is 44.3 Å². The summed E-state index contributed by atoms with van der Waals surface area (Å²) >= 11 is 0. The van der Waals surface area contributed by atoms with Crippen molar-refractivity contribution in [2.24, 2.45) is 0 Å². The zero-order valence-electron chi connectivity index (χ0n) is 15.5. The number of aryl methyl sites for hydroxylation is 2. The van der Waals surface area contributed by atoms with Gasteiger partial charge in [-0.2, -0.15) is 0 Å². The van der Waals surface area contributed by atoms with Crippen molar-refractivity contribution in [1.29, 1.82) is 0 Å². The van der Waals surface area contributed by atoms with E-state index in [-0.39, 0.29) is 0 Å². The smallest absolute Gasteiger partial charge is 0.353 e. The second-order valence-corrected chi connectivity index (χ2v) is 7.12. The van der Waals surface area contributed by atoms with Gasteiger partial charge in [-0.1, -0.05) is 18.2 Å². The van der Waals surface area contributed by atoms with Gasteiger partial charge in [0.1, 0.15) is 11.3 Å². The number of likely N-dealkylation sites (N-methyl/N-ethyl adjacent to an activating group) is 1. The van der Waals surface area contributed by atoms with Crippen LogP contribution in [-0.4, -0.2) is 58.6 Å². The van der Waals surface area contributed by atoms with E-state index in [0.717, 1.165) is 38.2 Å². The van der Waals surface area contributed by atoms with Crippen LogP contribution in [0.3, 0.4) is 0 Å². The molecule has 140 valence electrons. The van der Waals surface area contributed by atoms with E-state index in [1.165, 1.54) is 11.3 Å². The molecular weight excluding hydrogens is 340 g/mol. The molecule has 1 aliphatic heterocycles. The lowest BCUT2D eigenvalue weighted by atomic mass is 10.0. The number of anilines is 1. The van der Waals surface area contributed by atoms with Crippen LogP contribution < -0.4 is 4.90 Å². The highest BCUT2D eigenvalue weighted by Crippen LogP contribution is 2.19. The number of imidazole rings is 1. The fraction of sp³-hybridized carbons (Fsp3) is 0.333. The Bertz CT molecular complexity index is 940. The molecule has 0 radical (unpaired) electrons. The van der Waals surface area contributed by atoms with Gasteiger partial charge in [0.15, 0.2) is 0 Å². The van der Waals surface area contributed by atoms with E-state index in [1.54, 1.807) is 16.8 Å². The molecule has 3 heterocycles. The summed E-state index contributed by atoms with van der Waals surface area (Å²) in [6, 6.07) is 12.4. The van der Waals surface area contributed by atoms with Gasteiger partial charge in [0.05, 0.1) is 0 Å². The van der Waals surface area contributed by atoms with Crippen molar-refractivity contribution in [2.45, 2.75) is 12.8 Å². The van der Waals surface area contributed by atoms with E-state index in [9.17, 15) is 9.90 Å². The molecule has 0 aliphatic carbocycles. The molecule has 1 saturated heterocycles. The first-order valence-electron chi connectivity index (χ1n) is 9.32. The Morgan fingerprint density at radius 2 is 1.78 bits per heavy atom. The number of benzene rings is 1. The summed E-state index contributed by atoms with van der Waals surface area (Å²) in [5, 5.41) is 9.62. The number of rotatable bonds is 5. The summed E-state index contributed by atoms with van der Waals surface area (Å²) in [5.41, 5.74) is 4.27. The lowest BCUT2D eigenvalue weighted by Crippen LogP contribution is -2.44. The SMILES string of the molecule is CN1CCN(c2ccc(CCc3ccc4nccn4c3C(=O)O)cc2)CC1. The van der Waals surface area contributed by atoms with E-state index in [4.69, 9.17) is 0 Å². The first kappa shape index (κ1) is 17.5. The first-order valence-corrected chi connectivity index (χ1v) is 9.32. The molecular formula is C21H24N4O2. The Balaban J connectivity index is 1.47. The number of hydrogen-bond donors (Lipinski definition) is 1. The Morgan fingerprint density at radius 3 is 2.48 bits per heavy atom. The van der Waals surface area contributed by atoms with E-state index in [0.29, 0.717) is 17.8 Å². The van der Waals surface area contributed by atoms with Crippen LogP contribution in [0.4, 0.5) is 5.69 Å². The van der Waals surface area contributed by atoms with Crippen LogP contribution in [-0.2, 0) is 12.8 Å². The van der Waals surface area contributed by atoms with E-state index < -0.39 is 5.97 Å². The van der Waals surface area contributed by atoms with Crippen LogP contribution >= 0.6 is 0 Å². The molecule has 1 fully saturated rings. The van der Waals surface area contributed by atoms with Crippen LogP contribution in [0.1, 0.15) is 21.6 Å². The number of aromatic nitrogens is 2. The number of piperazine rings is 1. The summed E-state index contributed by atoms with van der Waals surface area (Å²) in [6.07, 6.45) is 4.82. The van der Waals surface area contributed by atoms with Crippen molar-refractivity contribution >= 4 is 17.3 Å². The maximum Gasteiger partial charge on any atom is 0.353 e. The number of nitrogens with zero attached hydrogens (tertiary/aromatic N) is 4. The molecule has 27 heavy (non-hydrogen) atoms. The molecule has 4 rings (SSSR count). The Morgan fingerprint density at radius 1 is 1.04 bits per heavy atom. The molecule has 3 aromatic rings. The van der Waals surface area contributed by atoms with Gasteiger partial charge in [-0.05, 0) is 49.2 Å². The Kier molecular flexibility index (Phi) is 4.81. The molecule has 6 heteroatoms. The number of aromatic carboxylic acids is 1. The summed E-state index contributed by atoms with van der Waals surface area (Å²) in [4.78, 5) is 20.7. The third-order valence-corrected chi connectivity index (χ3v) is 5.34. The summed E-state index contributed by atoms with van der Waals surface area (Å²) in [7, 11) is 2.16. The third-order valence-electron chi connectivity index (χ3n) is 5.34. The van der Waals surface area contributed by atoms with Crippen LogP contribution in [0.5, 0.6) is 0 Å². The number of fused-ring (bicyclic) bond motifs is 1. The normalized spacial score (nSPS) is 15.4. The maximum atomic E-state index is 11.7. The second-order valence-electron chi connectivity index (χ2n) is 7.12. The minimum absolute atomic E-state index is 0.305. The third kappa shape index (κ3) is 3.66. The molecule has 2 aromatic heterocycles. The molecule has 0 atom stereocenters. The molecule has 0 amide bonds. The molecule has 1 aliphatic rings. The van der Waals surface area contributed by atoms with E-state index in [2.05, 4.69) is 46.1 Å². The van der Waals surface area contributed by atoms with Crippen molar-refractivity contribution in [3.05, 3.63) is 65.6 Å². The summed E-state index contributed by atoms with van der Waals surface area (Å²) in [6.45, 7) is 4.30. The van der Waals surface area contributed by atoms with Gasteiger partial charge in [0.25, 0.3) is 0 Å². The van der Waals surface area contributed by atoms with Crippen molar-refractivity contribution in [2.75, 3.05) is 38.1 Å². The molecule has 0 spiro atoms. The minimum atomic E-state index is -0.918. The summed E-state index contributed by atoms with van der Waals surface area (Å²) < 4.78 is 1.65. The van der Waals surface area contributed by atoms with Crippen LogP contribution in [0.25, 0.3) is 5.65 Å². The highest BCUT2D eigenvalue weighted by Gasteiger charge is 2.16. The van der Waals surface area contributed by atoms with E-state index in [1.807, 2.05) is 12.1 Å². The van der Waals surface area contributed by atoms with Gasteiger partial charge in [-0.15, -0.1) is 0 Å². The second kappa shape index (κ2) is 7.40. The number of carboxylic acids is 1. The number of carboxylic acid groups (broad SMARTS) is 1. The van der Waals surface area contributed by atoms with Crippen LogP contribution in [0.2, 0.25) is 0 Å². The average molecular weight is 364 g/mol. The van der Waals surface area contributed by atoms with Crippen molar-refractivity contribution < 1.29 is 9.90 Å². The number of pyridine rings is 1. The van der Waals surface area contributed by atoms with E-state index >= 15 is 0 Å². The summed E-state index contributed by atoms with van der Waals surface area (Å²) in [5.74, 6) is -0.918. The van der Waals surface area contributed by atoms with Crippen molar-refractivity contribution in [3.8, 4) is 0 Å². The predicted octanol–water partition coefficient (Wildman–Crippen LogP) is 2.57. The van der Waals surface area contributed by atoms with Crippen molar-refractivity contribution in [1.82, 2.24) is 14.3 Å². The first-order chi connectivity index (χ1) is 13.1. The Labute approximate surface area is 158 Å². The molecule has 0 bridgehead atoms. The van der Waals surface area contributed by atoms with Crippen LogP contribution in [0.15, 0.2) is 48.8 Å². The number of carbonyl (C=O) groups is 1. The molecule has 1 aromatic carbocycles. The van der Waals surface area contributed by atoms with Gasteiger partial charge >= 0.3 is 5.97 Å². The average Bonchev–Trinajstić information content (AvgIpc) is 3.15. The quantitative estimate of drug-likeness (QED) is 0.754. The van der Waals surface area contributed by atoms with Crippen molar-refractivity contribution in [3.63, 3.8) is 0 Å². The maximum absolute atomic E-state index is 11.7. The zero-order valence-corrected chi connectivity index (χ0v) is 15.5. The Hall–Kier alpha value is -2.86. The standard InChI is InChI=1S/C21H24N4O2/c1-23-12-14-24(15-13-23)18-7-3-16(4-8-18)2-5-17-6-9-19-22-10-11-25(19)20(17)21(26)27/h3-4,6-11H,2,5,12-15H2,1H3,(H,26,27). The number of hydrogen-bond acceptors (Lipinski definition) is 4. The molecule has 1 N–H and O–H groups in total. The highest BCUT2D eigenvalue weighted by atomic mass is 16.4. The van der Waals surface area contributed by atoms with Gasteiger partial charge < -0.3 is 14.9 Å². The van der Waals surface area contributed by atoms with Crippen LogP contribution in [0, 0.1) is 0 Å². The largest absolute Gasteiger partial charge is 0.477 e. The van der Waals surface area contributed by atoms with Gasteiger partial charge in [-0.25, -0.2) is 9.78 Å². The molecule has 0 unspecified atom stereocenters. The monoisotopic (exact) mass is 364 g/mol. The van der Waals surface area contributed by atoms with Gasteiger partial charge in [-0.3, -0.25) is 4.40 Å². The topological polar surface area (TPSA) is 61.1 Å². The lowest BCUT2D eigenvalue weighted by Gasteiger charge is -2.34. The molecule has 0 saturated carbocycles. The fourth-order valence-electron chi connectivity index (χ4n) is 3.70. The molecule has 6 nitrogen and oxygen atoms in total. The zero-order chi connectivity index (χ0) is 18.8. The minimum Gasteiger partial charge on any atom is -0.477 e. The fourth-order valence-corrected chi connectivity index (χ4v) is 3.70. The highest BCUT2D eigenvalue weighted by molar-refractivity contribution is 5.88. The van der Waals surface area contributed by atoms with Gasteiger partial charge in [0.2, 0.25) is 0 Å². The lowest BCUT2D eigenvalue weighted by molar-refractivity contribution is 0.0687.